The number of carbonyl (C=O) groups is 1. The van der Waals surface area contributed by atoms with Crippen LogP contribution < -0.4 is 5.32 Å². The second kappa shape index (κ2) is 6.98. The second-order valence-corrected chi connectivity index (χ2v) is 5.98. The van der Waals surface area contributed by atoms with Crippen molar-refractivity contribution in [2.45, 2.75) is 20.0 Å². The largest absolute Gasteiger partial charge is 0.378 e. The van der Waals surface area contributed by atoms with Crippen LogP contribution in [0, 0.1) is 12.7 Å². The first-order valence-electron chi connectivity index (χ1n) is 6.18. The highest BCUT2D eigenvalue weighted by Crippen LogP contribution is 2.22. The number of hydrogen-bond donors (Lipinski definition) is 1. The number of halogens is 2. The van der Waals surface area contributed by atoms with Gasteiger partial charge in [0, 0.05) is 17.7 Å². The molecule has 0 aliphatic rings. The van der Waals surface area contributed by atoms with Crippen molar-refractivity contribution < 1.29 is 13.9 Å². The molecule has 0 unspecified atom stereocenters. The van der Waals surface area contributed by atoms with Gasteiger partial charge in [0.25, 0.3) is 0 Å². The Morgan fingerprint density at radius 1 is 1.52 bits per heavy atom. The first kappa shape index (κ1) is 15.9. The van der Waals surface area contributed by atoms with Crippen LogP contribution in [-0.4, -0.2) is 18.0 Å². The highest BCUT2D eigenvalue weighted by atomic mass is 35.5. The van der Waals surface area contributed by atoms with E-state index in [9.17, 15) is 9.18 Å². The molecular formula is C14H14ClFN2O2S. The van der Waals surface area contributed by atoms with Gasteiger partial charge in [-0.05, 0) is 25.1 Å². The number of carbonyl (C=O) groups excluding carboxylic acids is 1. The summed E-state index contributed by atoms with van der Waals surface area (Å²) < 4.78 is 18.1. The topological polar surface area (TPSA) is 51.2 Å². The Hall–Kier alpha value is -1.50. The summed E-state index contributed by atoms with van der Waals surface area (Å²) in [4.78, 5) is 17.2. The summed E-state index contributed by atoms with van der Waals surface area (Å²) in [7, 11) is 1.60. The molecule has 0 radical (unpaired) electrons. The van der Waals surface area contributed by atoms with Gasteiger partial charge in [0.1, 0.15) is 10.8 Å². The molecule has 2 rings (SSSR count). The van der Waals surface area contributed by atoms with Crippen LogP contribution in [0.3, 0.4) is 0 Å². The molecule has 0 saturated carbocycles. The summed E-state index contributed by atoms with van der Waals surface area (Å²) in [6.07, 6.45) is 0.211. The minimum Gasteiger partial charge on any atom is -0.378 e. The molecule has 0 fully saturated rings. The molecule has 1 heterocycles. The number of nitrogens with zero attached hydrogens (tertiary/aromatic N) is 1. The number of aromatic nitrogens is 1. The predicted octanol–water partition coefficient (Wildman–Crippen LogP) is 3.57. The van der Waals surface area contributed by atoms with E-state index in [2.05, 4.69) is 10.3 Å². The number of thiazole rings is 1. The third-order valence-electron chi connectivity index (χ3n) is 2.73. The highest BCUT2D eigenvalue weighted by molar-refractivity contribution is 7.11. The monoisotopic (exact) mass is 328 g/mol. The number of methoxy groups -OCH3 is 1. The predicted molar refractivity (Wildman–Crippen MR) is 81.3 cm³/mol. The molecule has 1 amide bonds. The summed E-state index contributed by atoms with van der Waals surface area (Å²) in [5.41, 5.74) is 1.28. The SMILES string of the molecule is COCc1nc(C)c(CC(=O)Nc2ccc(F)c(Cl)c2)s1. The maximum absolute atomic E-state index is 13.0. The van der Waals surface area contributed by atoms with Gasteiger partial charge in [-0.15, -0.1) is 11.3 Å². The number of hydrogen-bond acceptors (Lipinski definition) is 4. The molecule has 0 atom stereocenters. The Labute approximate surface area is 130 Å². The smallest absolute Gasteiger partial charge is 0.229 e. The van der Waals surface area contributed by atoms with Gasteiger partial charge in [0.2, 0.25) is 5.91 Å². The van der Waals surface area contributed by atoms with Crippen LogP contribution in [0.2, 0.25) is 5.02 Å². The standard InChI is InChI=1S/C14H14ClFN2O2S/c1-8-12(21-14(17-8)7-20-2)6-13(19)18-9-3-4-11(16)10(15)5-9/h3-5H,6-7H2,1-2H3,(H,18,19). The van der Waals surface area contributed by atoms with Gasteiger partial charge in [-0.25, -0.2) is 9.37 Å². The van der Waals surface area contributed by atoms with Crippen molar-refractivity contribution in [1.82, 2.24) is 4.98 Å². The van der Waals surface area contributed by atoms with E-state index >= 15 is 0 Å². The molecule has 2 aromatic rings. The van der Waals surface area contributed by atoms with Crippen LogP contribution >= 0.6 is 22.9 Å². The molecule has 0 saturated heterocycles. The van der Waals surface area contributed by atoms with Gasteiger partial charge in [-0.2, -0.15) is 0 Å². The first-order chi connectivity index (χ1) is 9.99. The normalized spacial score (nSPS) is 10.7. The molecule has 1 aromatic heterocycles. The number of nitrogens with one attached hydrogen (secondary N) is 1. The van der Waals surface area contributed by atoms with Crippen LogP contribution in [0.1, 0.15) is 15.6 Å². The van der Waals surface area contributed by atoms with Crippen molar-refractivity contribution in [2.24, 2.45) is 0 Å². The Morgan fingerprint density at radius 3 is 2.95 bits per heavy atom. The Balaban J connectivity index is 2.02. The first-order valence-corrected chi connectivity index (χ1v) is 7.38. The van der Waals surface area contributed by atoms with Gasteiger partial charge in [0.05, 0.1) is 23.7 Å². The molecule has 21 heavy (non-hydrogen) atoms. The number of aryl methyl sites for hydroxylation is 1. The number of ether oxygens (including phenoxy) is 1. The van der Waals surface area contributed by atoms with Gasteiger partial charge in [-0.1, -0.05) is 11.6 Å². The van der Waals surface area contributed by atoms with Crippen molar-refractivity contribution in [1.29, 1.82) is 0 Å². The number of benzene rings is 1. The number of rotatable bonds is 5. The molecule has 4 nitrogen and oxygen atoms in total. The molecule has 1 aromatic carbocycles. The lowest BCUT2D eigenvalue weighted by atomic mass is 10.2. The van der Waals surface area contributed by atoms with Gasteiger partial charge in [0.15, 0.2) is 0 Å². The van der Waals surface area contributed by atoms with Crippen molar-refractivity contribution in [2.75, 3.05) is 12.4 Å². The number of anilines is 1. The van der Waals surface area contributed by atoms with Crippen LogP contribution in [-0.2, 0) is 22.6 Å². The summed E-state index contributed by atoms with van der Waals surface area (Å²) in [6.45, 7) is 2.29. The molecule has 1 N–H and O–H groups in total. The van der Waals surface area contributed by atoms with Crippen LogP contribution in [0.4, 0.5) is 10.1 Å². The summed E-state index contributed by atoms with van der Waals surface area (Å²) in [5.74, 6) is -0.717. The van der Waals surface area contributed by atoms with Gasteiger partial charge in [-0.3, -0.25) is 4.79 Å². The van der Waals surface area contributed by atoms with Crippen LogP contribution in [0.15, 0.2) is 18.2 Å². The lowest BCUT2D eigenvalue weighted by Gasteiger charge is -2.05. The van der Waals surface area contributed by atoms with E-state index in [0.29, 0.717) is 12.3 Å². The third kappa shape index (κ3) is 4.23. The van der Waals surface area contributed by atoms with Crippen molar-refractivity contribution in [3.63, 3.8) is 0 Å². The average Bonchev–Trinajstić information content (AvgIpc) is 2.74. The zero-order valence-electron chi connectivity index (χ0n) is 11.6. The zero-order valence-corrected chi connectivity index (χ0v) is 13.1. The molecule has 0 spiro atoms. The minimum atomic E-state index is -0.517. The fraction of sp³-hybridized carbons (Fsp3) is 0.286. The number of amides is 1. The van der Waals surface area contributed by atoms with E-state index < -0.39 is 5.82 Å². The van der Waals surface area contributed by atoms with E-state index in [0.717, 1.165) is 15.6 Å². The molecular weight excluding hydrogens is 315 g/mol. The van der Waals surface area contributed by atoms with E-state index in [1.54, 1.807) is 7.11 Å². The molecule has 0 aliphatic heterocycles. The van der Waals surface area contributed by atoms with E-state index in [-0.39, 0.29) is 17.4 Å². The second-order valence-electron chi connectivity index (χ2n) is 4.40. The third-order valence-corrected chi connectivity index (χ3v) is 4.15. The zero-order chi connectivity index (χ0) is 15.4. The van der Waals surface area contributed by atoms with Crippen molar-refractivity contribution in [3.05, 3.63) is 44.6 Å². The molecule has 0 aliphatic carbocycles. The van der Waals surface area contributed by atoms with Gasteiger partial charge < -0.3 is 10.1 Å². The van der Waals surface area contributed by atoms with E-state index in [1.807, 2.05) is 6.92 Å². The molecule has 0 bridgehead atoms. The fourth-order valence-corrected chi connectivity index (χ4v) is 2.98. The quantitative estimate of drug-likeness (QED) is 0.912. The average molecular weight is 329 g/mol. The summed E-state index contributed by atoms with van der Waals surface area (Å²) >= 11 is 7.12. The molecule has 7 heteroatoms. The maximum atomic E-state index is 13.0. The lowest BCUT2D eigenvalue weighted by molar-refractivity contribution is -0.115. The summed E-state index contributed by atoms with van der Waals surface area (Å²) in [5, 5.41) is 3.50. The Bertz CT molecular complexity index is 660. The Morgan fingerprint density at radius 2 is 2.29 bits per heavy atom. The minimum absolute atomic E-state index is 0.0239. The van der Waals surface area contributed by atoms with Crippen molar-refractivity contribution in [3.8, 4) is 0 Å². The van der Waals surface area contributed by atoms with Crippen molar-refractivity contribution >= 4 is 34.5 Å². The van der Waals surface area contributed by atoms with Gasteiger partial charge >= 0.3 is 0 Å². The maximum Gasteiger partial charge on any atom is 0.229 e. The molecule has 112 valence electrons. The van der Waals surface area contributed by atoms with Crippen LogP contribution in [0.25, 0.3) is 0 Å². The fourth-order valence-electron chi connectivity index (χ4n) is 1.76. The lowest BCUT2D eigenvalue weighted by Crippen LogP contribution is -2.14. The Kier molecular flexibility index (Phi) is 5.27. The summed E-state index contributed by atoms with van der Waals surface area (Å²) in [6, 6.07) is 4.06. The van der Waals surface area contributed by atoms with E-state index in [1.165, 1.54) is 29.5 Å². The van der Waals surface area contributed by atoms with E-state index in [4.69, 9.17) is 16.3 Å². The van der Waals surface area contributed by atoms with Crippen LogP contribution in [0.5, 0.6) is 0 Å². The highest BCUT2D eigenvalue weighted by Gasteiger charge is 2.12.